The van der Waals surface area contributed by atoms with Crippen LogP contribution in [0.1, 0.15) is 15.2 Å². The van der Waals surface area contributed by atoms with Gasteiger partial charge in [0.25, 0.3) is 11.6 Å². The van der Waals surface area contributed by atoms with Crippen LogP contribution < -0.4 is 5.32 Å². The number of nitrogens with zero attached hydrogens (tertiary/aromatic N) is 1. The first-order chi connectivity index (χ1) is 10.9. The maximum absolute atomic E-state index is 11.8. The number of carbonyl (C=O) groups excluding carboxylic acids is 2. The van der Waals surface area contributed by atoms with Gasteiger partial charge >= 0.3 is 5.97 Å². The molecule has 1 aromatic carbocycles. The number of aryl methyl sites for hydroxylation is 1. The summed E-state index contributed by atoms with van der Waals surface area (Å²) in [6, 6.07) is 5.42. The van der Waals surface area contributed by atoms with E-state index in [4.69, 9.17) is 16.3 Å². The molecule has 0 aliphatic carbocycles. The Morgan fingerprint density at radius 3 is 2.70 bits per heavy atom. The largest absolute Gasteiger partial charge is 0.451 e. The summed E-state index contributed by atoms with van der Waals surface area (Å²) in [6.45, 7) is 1.29. The van der Waals surface area contributed by atoms with Crippen molar-refractivity contribution in [1.29, 1.82) is 0 Å². The predicted octanol–water partition coefficient (Wildman–Crippen LogP) is 3.41. The summed E-state index contributed by atoms with van der Waals surface area (Å²) < 4.78 is 4.91. The van der Waals surface area contributed by atoms with Gasteiger partial charge in [-0.15, -0.1) is 11.3 Å². The van der Waals surface area contributed by atoms with Crippen LogP contribution in [-0.4, -0.2) is 23.4 Å². The van der Waals surface area contributed by atoms with Crippen LogP contribution in [-0.2, 0) is 9.53 Å². The molecule has 0 saturated carbocycles. The molecule has 9 heteroatoms. The highest BCUT2D eigenvalue weighted by Gasteiger charge is 2.15. The molecule has 1 aromatic heterocycles. The van der Waals surface area contributed by atoms with Gasteiger partial charge in [0, 0.05) is 12.1 Å². The summed E-state index contributed by atoms with van der Waals surface area (Å²) in [4.78, 5) is 34.0. The summed E-state index contributed by atoms with van der Waals surface area (Å²) in [5.41, 5.74) is 0.789. The Hall–Kier alpha value is -2.45. The highest BCUT2D eigenvalue weighted by atomic mass is 35.5. The minimum Gasteiger partial charge on any atom is -0.451 e. The summed E-state index contributed by atoms with van der Waals surface area (Å²) >= 11 is 7.09. The number of benzene rings is 1. The van der Waals surface area contributed by atoms with E-state index in [0.717, 1.165) is 11.6 Å². The highest BCUT2D eigenvalue weighted by Crippen LogP contribution is 2.26. The molecular formula is C14H11ClN2O5S. The SMILES string of the molecule is Cc1ccsc1C(=O)OCC(=O)Nc1ccc([N+](=O)[O-])cc1Cl. The van der Waals surface area contributed by atoms with Crippen LogP contribution >= 0.6 is 22.9 Å². The molecule has 0 unspecified atom stereocenters. The standard InChI is InChI=1S/C14H11ClN2O5S/c1-8-4-5-23-13(8)14(19)22-7-12(18)16-11-3-2-9(17(20)21)6-10(11)15/h2-6H,7H2,1H3,(H,16,18). The second kappa shape index (κ2) is 7.21. The maximum atomic E-state index is 11.8. The third-order valence-corrected chi connectivity index (χ3v) is 4.13. The van der Waals surface area contributed by atoms with Crippen molar-refractivity contribution in [1.82, 2.24) is 0 Å². The number of ether oxygens (including phenoxy) is 1. The van der Waals surface area contributed by atoms with E-state index in [1.54, 1.807) is 18.4 Å². The molecular weight excluding hydrogens is 344 g/mol. The highest BCUT2D eigenvalue weighted by molar-refractivity contribution is 7.12. The van der Waals surface area contributed by atoms with Gasteiger partial charge in [-0.2, -0.15) is 0 Å². The second-order valence-electron chi connectivity index (χ2n) is 4.48. The summed E-state index contributed by atoms with van der Waals surface area (Å²) in [7, 11) is 0. The number of nitrogens with one attached hydrogen (secondary N) is 1. The number of non-ortho nitro benzene ring substituents is 1. The van der Waals surface area contributed by atoms with Gasteiger partial charge in [0.15, 0.2) is 6.61 Å². The van der Waals surface area contributed by atoms with Gasteiger partial charge in [-0.05, 0) is 30.0 Å². The molecule has 0 atom stereocenters. The van der Waals surface area contributed by atoms with E-state index in [1.807, 2.05) is 0 Å². The molecule has 0 fully saturated rings. The monoisotopic (exact) mass is 354 g/mol. The third kappa shape index (κ3) is 4.27. The fourth-order valence-electron chi connectivity index (χ4n) is 1.68. The fraction of sp³-hybridized carbons (Fsp3) is 0.143. The first-order valence-corrected chi connectivity index (χ1v) is 7.59. The number of hydrogen-bond donors (Lipinski definition) is 1. The lowest BCUT2D eigenvalue weighted by Crippen LogP contribution is -2.21. The molecule has 1 N–H and O–H groups in total. The van der Waals surface area contributed by atoms with Crippen LogP contribution in [0.4, 0.5) is 11.4 Å². The van der Waals surface area contributed by atoms with Gasteiger partial charge in [0.05, 0.1) is 15.6 Å². The zero-order chi connectivity index (χ0) is 17.0. The number of thiophene rings is 1. The molecule has 120 valence electrons. The number of hydrogen-bond acceptors (Lipinski definition) is 6. The molecule has 1 heterocycles. The number of carbonyl (C=O) groups is 2. The fourth-order valence-corrected chi connectivity index (χ4v) is 2.72. The number of nitro benzene ring substituents is 1. The minimum absolute atomic E-state index is 0.0213. The van der Waals surface area contributed by atoms with Crippen molar-refractivity contribution in [3.8, 4) is 0 Å². The normalized spacial score (nSPS) is 10.2. The first-order valence-electron chi connectivity index (χ1n) is 6.33. The second-order valence-corrected chi connectivity index (χ2v) is 5.80. The molecule has 0 saturated heterocycles. The predicted molar refractivity (Wildman–Crippen MR) is 86.1 cm³/mol. The van der Waals surface area contributed by atoms with Crippen molar-refractivity contribution < 1.29 is 19.2 Å². The number of nitro groups is 1. The lowest BCUT2D eigenvalue weighted by molar-refractivity contribution is -0.384. The van der Waals surface area contributed by atoms with Crippen molar-refractivity contribution >= 4 is 46.2 Å². The van der Waals surface area contributed by atoms with Crippen LogP contribution in [0.15, 0.2) is 29.6 Å². The van der Waals surface area contributed by atoms with E-state index in [1.165, 1.54) is 23.5 Å². The van der Waals surface area contributed by atoms with Gasteiger partial charge in [-0.3, -0.25) is 14.9 Å². The van der Waals surface area contributed by atoms with E-state index >= 15 is 0 Å². The van der Waals surface area contributed by atoms with Gasteiger partial charge in [-0.1, -0.05) is 11.6 Å². The van der Waals surface area contributed by atoms with E-state index in [2.05, 4.69) is 5.32 Å². The summed E-state index contributed by atoms with van der Waals surface area (Å²) in [5, 5.41) is 14.8. The number of esters is 1. The average Bonchev–Trinajstić information content (AvgIpc) is 2.93. The molecule has 2 rings (SSSR count). The van der Waals surface area contributed by atoms with Gasteiger partial charge in [0.1, 0.15) is 4.88 Å². The molecule has 1 amide bonds. The Morgan fingerprint density at radius 2 is 2.13 bits per heavy atom. The number of anilines is 1. The Bertz CT molecular complexity index is 774. The molecule has 0 aliphatic heterocycles. The molecule has 7 nitrogen and oxygen atoms in total. The van der Waals surface area contributed by atoms with Crippen molar-refractivity contribution in [3.63, 3.8) is 0 Å². The quantitative estimate of drug-likeness (QED) is 0.504. The van der Waals surface area contributed by atoms with Crippen molar-refractivity contribution in [3.05, 3.63) is 55.2 Å². The van der Waals surface area contributed by atoms with Crippen LogP contribution in [0.5, 0.6) is 0 Å². The van der Waals surface area contributed by atoms with Crippen LogP contribution in [0.3, 0.4) is 0 Å². The van der Waals surface area contributed by atoms with Crippen LogP contribution in [0, 0.1) is 17.0 Å². The summed E-state index contributed by atoms with van der Waals surface area (Å²) in [5.74, 6) is -1.18. The van der Waals surface area contributed by atoms with Crippen molar-refractivity contribution in [2.24, 2.45) is 0 Å². The number of halogens is 1. The summed E-state index contributed by atoms with van der Waals surface area (Å²) in [6.07, 6.45) is 0. The molecule has 0 aliphatic rings. The smallest absolute Gasteiger partial charge is 0.349 e. The Balaban J connectivity index is 1.94. The van der Waals surface area contributed by atoms with Gasteiger partial charge < -0.3 is 10.1 Å². The van der Waals surface area contributed by atoms with E-state index in [0.29, 0.717) is 4.88 Å². The molecule has 23 heavy (non-hydrogen) atoms. The molecule has 0 bridgehead atoms. The zero-order valence-corrected chi connectivity index (χ0v) is 13.4. The van der Waals surface area contributed by atoms with Crippen LogP contribution in [0.25, 0.3) is 0 Å². The number of rotatable bonds is 5. The van der Waals surface area contributed by atoms with E-state index in [9.17, 15) is 19.7 Å². The average molecular weight is 355 g/mol. The van der Waals surface area contributed by atoms with Crippen molar-refractivity contribution in [2.45, 2.75) is 6.92 Å². The minimum atomic E-state index is -0.595. The lowest BCUT2D eigenvalue weighted by atomic mass is 10.3. The molecule has 0 spiro atoms. The topological polar surface area (TPSA) is 98.5 Å². The number of amides is 1. The molecule has 2 aromatic rings. The van der Waals surface area contributed by atoms with Crippen molar-refractivity contribution in [2.75, 3.05) is 11.9 Å². The third-order valence-electron chi connectivity index (χ3n) is 2.82. The van der Waals surface area contributed by atoms with E-state index < -0.39 is 23.4 Å². The zero-order valence-electron chi connectivity index (χ0n) is 11.9. The van der Waals surface area contributed by atoms with Gasteiger partial charge in [-0.25, -0.2) is 4.79 Å². The Morgan fingerprint density at radius 1 is 1.39 bits per heavy atom. The Labute approximate surface area is 140 Å². The lowest BCUT2D eigenvalue weighted by Gasteiger charge is -2.07. The van der Waals surface area contributed by atoms with Gasteiger partial charge in [0.2, 0.25) is 0 Å². The van der Waals surface area contributed by atoms with E-state index in [-0.39, 0.29) is 16.4 Å². The Kier molecular flexibility index (Phi) is 5.30. The first kappa shape index (κ1) is 16.9. The maximum Gasteiger partial charge on any atom is 0.349 e. The van der Waals surface area contributed by atoms with Crippen LogP contribution in [0.2, 0.25) is 5.02 Å². The molecule has 0 radical (unpaired) electrons.